The molecule has 0 N–H and O–H groups in total. The topological polar surface area (TPSA) is 34.1 Å². The molecule has 0 radical (unpaired) electrons. The fourth-order valence-corrected chi connectivity index (χ4v) is 4.14. The lowest BCUT2D eigenvalue weighted by Gasteiger charge is -2.38. The predicted octanol–water partition coefficient (Wildman–Crippen LogP) is 5.67. The quantitative estimate of drug-likeness (QED) is 0.673. The van der Waals surface area contributed by atoms with Crippen molar-refractivity contribution in [3.63, 3.8) is 0 Å². The molecule has 0 saturated heterocycles. The summed E-state index contributed by atoms with van der Waals surface area (Å²) < 4.78 is 11.4. The van der Waals surface area contributed by atoms with Crippen LogP contribution in [0.15, 0.2) is 41.5 Å². The van der Waals surface area contributed by atoms with Crippen LogP contribution in [0, 0.1) is 0 Å². The molecule has 2 aliphatic rings. The molecule has 4 rings (SSSR count). The van der Waals surface area contributed by atoms with Crippen LogP contribution in [0.1, 0.15) is 43.4 Å². The van der Waals surface area contributed by atoms with Gasteiger partial charge in [-0.15, -0.1) is 0 Å². The zero-order valence-electron chi connectivity index (χ0n) is 14.7. The maximum atomic E-state index is 6.41. The van der Waals surface area contributed by atoms with Crippen molar-refractivity contribution < 1.29 is 9.47 Å². The zero-order chi connectivity index (χ0) is 18.3. The van der Waals surface area contributed by atoms with Gasteiger partial charge in [0.25, 0.3) is 0 Å². The molecule has 26 heavy (non-hydrogen) atoms. The molecule has 0 fully saturated rings. The van der Waals surface area contributed by atoms with E-state index >= 15 is 0 Å². The summed E-state index contributed by atoms with van der Waals surface area (Å²) in [6.45, 7) is 2.14. The Kier molecular flexibility index (Phi) is 4.72. The van der Waals surface area contributed by atoms with Crippen molar-refractivity contribution in [2.24, 2.45) is 5.10 Å². The van der Waals surface area contributed by atoms with Gasteiger partial charge in [-0.2, -0.15) is 5.10 Å². The highest BCUT2D eigenvalue weighted by atomic mass is 35.5. The van der Waals surface area contributed by atoms with E-state index in [0.29, 0.717) is 10.0 Å². The zero-order valence-corrected chi connectivity index (χ0v) is 16.2. The Hall–Kier alpha value is -1.91. The number of hydrogen-bond acceptors (Lipinski definition) is 4. The molecule has 2 aromatic carbocycles. The van der Waals surface area contributed by atoms with E-state index in [1.165, 1.54) is 0 Å². The summed E-state index contributed by atoms with van der Waals surface area (Å²) in [5.74, 6) is 1.57. The second-order valence-electron chi connectivity index (χ2n) is 6.54. The number of hydrogen-bond donors (Lipinski definition) is 0. The molecule has 0 amide bonds. The first-order valence-electron chi connectivity index (χ1n) is 8.76. The second kappa shape index (κ2) is 7.01. The molecule has 136 valence electrons. The van der Waals surface area contributed by atoms with E-state index in [0.717, 1.165) is 47.6 Å². The molecule has 2 aliphatic heterocycles. The van der Waals surface area contributed by atoms with E-state index in [2.05, 4.69) is 11.9 Å². The molecule has 6 heteroatoms. The molecular weight excluding hydrogens is 371 g/mol. The number of fused-ring (bicyclic) bond motifs is 3. The fraction of sp³-hybridized carbons (Fsp3) is 0.350. The Balaban J connectivity index is 1.72. The molecule has 0 spiro atoms. The normalized spacial score (nSPS) is 20.9. The SMILES string of the molecule is CCC[C@@H]1Oc2c(Cl)cc(Cl)cc2[C@@H]2CC(c3ccc(OC)cc3)=NN12. The van der Waals surface area contributed by atoms with Crippen molar-refractivity contribution in [2.45, 2.75) is 38.5 Å². The van der Waals surface area contributed by atoms with Gasteiger partial charge in [-0.3, -0.25) is 5.01 Å². The molecule has 2 heterocycles. The van der Waals surface area contributed by atoms with E-state index < -0.39 is 0 Å². The number of nitrogens with zero attached hydrogens (tertiary/aromatic N) is 2. The lowest BCUT2D eigenvalue weighted by molar-refractivity contribution is -0.0222. The molecule has 0 unspecified atom stereocenters. The van der Waals surface area contributed by atoms with Crippen molar-refractivity contribution in [3.8, 4) is 11.5 Å². The van der Waals surface area contributed by atoms with Crippen LogP contribution < -0.4 is 9.47 Å². The first-order chi connectivity index (χ1) is 12.6. The first-order valence-corrected chi connectivity index (χ1v) is 9.52. The van der Waals surface area contributed by atoms with Gasteiger partial charge in [-0.05, 0) is 42.0 Å². The molecule has 2 atom stereocenters. The van der Waals surface area contributed by atoms with Gasteiger partial charge in [0.05, 0.1) is 23.9 Å². The van der Waals surface area contributed by atoms with Gasteiger partial charge < -0.3 is 9.47 Å². The van der Waals surface area contributed by atoms with E-state index in [-0.39, 0.29) is 12.3 Å². The van der Waals surface area contributed by atoms with Gasteiger partial charge in [-0.25, -0.2) is 0 Å². The first kappa shape index (κ1) is 17.5. The number of ether oxygens (including phenoxy) is 2. The Morgan fingerprint density at radius 2 is 2.00 bits per heavy atom. The number of benzene rings is 2. The summed E-state index contributed by atoms with van der Waals surface area (Å²) in [4.78, 5) is 0. The number of methoxy groups -OCH3 is 1. The van der Waals surface area contributed by atoms with Gasteiger partial charge in [0.1, 0.15) is 11.5 Å². The smallest absolute Gasteiger partial charge is 0.187 e. The van der Waals surface area contributed by atoms with Crippen molar-refractivity contribution in [1.29, 1.82) is 0 Å². The Labute approximate surface area is 163 Å². The van der Waals surface area contributed by atoms with Crippen molar-refractivity contribution in [1.82, 2.24) is 5.01 Å². The molecule has 0 aromatic heterocycles. The van der Waals surface area contributed by atoms with Gasteiger partial charge in [0.2, 0.25) is 0 Å². The minimum absolute atomic E-state index is 0.0867. The number of halogens is 2. The van der Waals surface area contributed by atoms with Crippen LogP contribution in [0.3, 0.4) is 0 Å². The van der Waals surface area contributed by atoms with E-state index in [1.54, 1.807) is 13.2 Å². The Morgan fingerprint density at radius 1 is 1.23 bits per heavy atom. The highest BCUT2D eigenvalue weighted by Crippen LogP contribution is 2.47. The van der Waals surface area contributed by atoms with Crippen LogP contribution >= 0.6 is 23.2 Å². The van der Waals surface area contributed by atoms with Crippen LogP contribution in [0.25, 0.3) is 0 Å². The van der Waals surface area contributed by atoms with Crippen LogP contribution in [0.4, 0.5) is 0 Å². The summed E-state index contributed by atoms with van der Waals surface area (Å²) in [7, 11) is 1.67. The summed E-state index contributed by atoms with van der Waals surface area (Å²) >= 11 is 12.7. The van der Waals surface area contributed by atoms with Crippen LogP contribution in [-0.4, -0.2) is 24.1 Å². The maximum absolute atomic E-state index is 6.41. The third kappa shape index (κ3) is 3.01. The number of hydrazone groups is 1. The average molecular weight is 391 g/mol. The largest absolute Gasteiger partial charge is 0.497 e. The monoisotopic (exact) mass is 390 g/mol. The van der Waals surface area contributed by atoms with E-state index in [1.807, 2.05) is 30.3 Å². The maximum Gasteiger partial charge on any atom is 0.187 e. The van der Waals surface area contributed by atoms with E-state index in [9.17, 15) is 0 Å². The van der Waals surface area contributed by atoms with Crippen molar-refractivity contribution in [2.75, 3.05) is 7.11 Å². The van der Waals surface area contributed by atoms with Crippen molar-refractivity contribution >= 4 is 28.9 Å². The molecule has 0 bridgehead atoms. The summed E-state index contributed by atoms with van der Waals surface area (Å²) in [6.07, 6.45) is 2.56. The Bertz CT molecular complexity index is 852. The van der Waals surface area contributed by atoms with Gasteiger partial charge >= 0.3 is 0 Å². The Morgan fingerprint density at radius 3 is 2.69 bits per heavy atom. The molecule has 4 nitrogen and oxygen atoms in total. The third-order valence-electron chi connectivity index (χ3n) is 4.85. The average Bonchev–Trinajstić information content (AvgIpc) is 3.09. The fourth-order valence-electron chi connectivity index (χ4n) is 3.58. The van der Waals surface area contributed by atoms with Crippen LogP contribution in [0.2, 0.25) is 10.0 Å². The summed E-state index contributed by atoms with van der Waals surface area (Å²) in [5, 5.41) is 8.14. The van der Waals surface area contributed by atoms with Gasteiger partial charge in [-0.1, -0.05) is 36.5 Å². The molecule has 2 aromatic rings. The lowest BCUT2D eigenvalue weighted by Crippen LogP contribution is -2.40. The highest BCUT2D eigenvalue weighted by Gasteiger charge is 2.40. The minimum atomic E-state index is -0.119. The van der Waals surface area contributed by atoms with Crippen molar-refractivity contribution in [3.05, 3.63) is 57.6 Å². The molecule has 0 aliphatic carbocycles. The standard InChI is InChI=1S/C20H20Cl2N2O2/c1-3-4-19-24-18(15-9-13(21)10-16(22)20(15)26-19)11-17(23-24)12-5-7-14(25-2)8-6-12/h5-10,18-19H,3-4,11H2,1-2H3/t18-,19-/m0/s1. The van der Waals surface area contributed by atoms with E-state index in [4.69, 9.17) is 37.8 Å². The molecule has 0 saturated carbocycles. The summed E-state index contributed by atoms with van der Waals surface area (Å²) in [6, 6.07) is 11.8. The summed E-state index contributed by atoms with van der Waals surface area (Å²) in [5.41, 5.74) is 3.12. The number of rotatable bonds is 4. The lowest BCUT2D eigenvalue weighted by atomic mass is 9.96. The third-order valence-corrected chi connectivity index (χ3v) is 5.35. The minimum Gasteiger partial charge on any atom is -0.497 e. The predicted molar refractivity (Wildman–Crippen MR) is 105 cm³/mol. The second-order valence-corrected chi connectivity index (χ2v) is 7.39. The van der Waals surface area contributed by atoms with Gasteiger partial charge in [0, 0.05) is 23.4 Å². The van der Waals surface area contributed by atoms with Crippen LogP contribution in [0.5, 0.6) is 11.5 Å². The van der Waals surface area contributed by atoms with Crippen LogP contribution in [-0.2, 0) is 0 Å². The highest BCUT2D eigenvalue weighted by molar-refractivity contribution is 6.35. The van der Waals surface area contributed by atoms with Gasteiger partial charge in [0.15, 0.2) is 6.23 Å². The molecular formula is C20H20Cl2N2O2.